The van der Waals surface area contributed by atoms with Crippen LogP contribution in [0.25, 0.3) is 0 Å². The Bertz CT molecular complexity index is 837. The van der Waals surface area contributed by atoms with E-state index < -0.39 is 12.1 Å². The van der Waals surface area contributed by atoms with E-state index in [2.05, 4.69) is 60.4 Å². The molecule has 1 N–H and O–H groups in total. The second-order valence-electron chi connectivity index (χ2n) is 7.68. The summed E-state index contributed by atoms with van der Waals surface area (Å²) < 4.78 is 11.7. The van der Waals surface area contributed by atoms with Crippen LogP contribution in [0, 0.1) is 0 Å². The number of nitrogens with zero attached hydrogens (tertiary/aromatic N) is 1. The molecular formula is C23H27NO4. The molecule has 0 bridgehead atoms. The fourth-order valence-corrected chi connectivity index (χ4v) is 4.32. The van der Waals surface area contributed by atoms with E-state index in [0.717, 1.165) is 13.0 Å². The van der Waals surface area contributed by atoms with Gasteiger partial charge in [0.1, 0.15) is 6.10 Å². The van der Waals surface area contributed by atoms with Crippen LogP contribution in [0.2, 0.25) is 0 Å². The standard InChI is InChI=1S/C23H27NO4/c1-16-14-17-6-2-3-8-19(17)22(20-9-5-4-7-18(16)20)28-13-11-24-10-12-27-21(15-24)23(25)26/h2-9,16,21-22H,10-15H2,1H3,(H,25,26). The molecule has 2 aliphatic rings. The van der Waals surface area contributed by atoms with Crippen LogP contribution < -0.4 is 0 Å². The van der Waals surface area contributed by atoms with Crippen molar-refractivity contribution in [2.75, 3.05) is 32.8 Å². The number of benzene rings is 2. The van der Waals surface area contributed by atoms with Crippen molar-refractivity contribution < 1.29 is 19.4 Å². The molecule has 1 fully saturated rings. The zero-order valence-corrected chi connectivity index (χ0v) is 16.2. The van der Waals surface area contributed by atoms with E-state index in [0.29, 0.717) is 32.2 Å². The smallest absolute Gasteiger partial charge is 0.334 e. The molecule has 0 spiro atoms. The summed E-state index contributed by atoms with van der Waals surface area (Å²) in [5.41, 5.74) is 5.17. The van der Waals surface area contributed by atoms with Crippen molar-refractivity contribution >= 4 is 5.97 Å². The fraction of sp³-hybridized carbons (Fsp3) is 0.435. The molecule has 4 rings (SSSR count). The molecule has 148 valence electrons. The average molecular weight is 381 g/mol. The summed E-state index contributed by atoms with van der Waals surface area (Å²) >= 11 is 0. The van der Waals surface area contributed by atoms with E-state index in [9.17, 15) is 9.90 Å². The lowest BCUT2D eigenvalue weighted by Crippen LogP contribution is -2.47. The summed E-state index contributed by atoms with van der Waals surface area (Å²) in [7, 11) is 0. The van der Waals surface area contributed by atoms with Gasteiger partial charge in [0.05, 0.1) is 13.2 Å². The molecular weight excluding hydrogens is 354 g/mol. The largest absolute Gasteiger partial charge is 0.479 e. The van der Waals surface area contributed by atoms with Crippen molar-refractivity contribution in [1.82, 2.24) is 4.90 Å². The first kappa shape index (κ1) is 19.1. The molecule has 1 aliphatic carbocycles. The molecule has 0 saturated carbocycles. The van der Waals surface area contributed by atoms with Gasteiger partial charge < -0.3 is 14.6 Å². The van der Waals surface area contributed by atoms with Crippen LogP contribution in [0.1, 0.15) is 41.2 Å². The fourth-order valence-electron chi connectivity index (χ4n) is 4.32. The lowest BCUT2D eigenvalue weighted by atomic mass is 9.93. The van der Waals surface area contributed by atoms with Gasteiger partial charge in [-0.2, -0.15) is 0 Å². The Balaban J connectivity index is 1.51. The number of hydrogen-bond donors (Lipinski definition) is 1. The Morgan fingerprint density at radius 3 is 2.64 bits per heavy atom. The molecule has 5 heteroatoms. The van der Waals surface area contributed by atoms with Gasteiger partial charge in [-0.25, -0.2) is 4.79 Å². The number of aliphatic carboxylic acids is 1. The van der Waals surface area contributed by atoms with Crippen molar-refractivity contribution in [2.24, 2.45) is 0 Å². The molecule has 28 heavy (non-hydrogen) atoms. The topological polar surface area (TPSA) is 59.0 Å². The van der Waals surface area contributed by atoms with Crippen LogP contribution >= 0.6 is 0 Å². The van der Waals surface area contributed by atoms with Crippen molar-refractivity contribution in [3.8, 4) is 0 Å². The number of carboxylic acids is 1. The monoisotopic (exact) mass is 381 g/mol. The van der Waals surface area contributed by atoms with E-state index in [4.69, 9.17) is 9.47 Å². The normalized spacial score (nSPS) is 24.8. The second-order valence-corrected chi connectivity index (χ2v) is 7.68. The van der Waals surface area contributed by atoms with Crippen LogP contribution in [-0.2, 0) is 20.7 Å². The molecule has 0 aromatic heterocycles. The Kier molecular flexibility index (Phi) is 5.76. The first-order valence-electron chi connectivity index (χ1n) is 9.98. The van der Waals surface area contributed by atoms with Crippen molar-refractivity contribution in [2.45, 2.75) is 31.5 Å². The molecule has 1 saturated heterocycles. The summed E-state index contributed by atoms with van der Waals surface area (Å²) in [5, 5.41) is 9.18. The third-order valence-corrected chi connectivity index (χ3v) is 5.79. The van der Waals surface area contributed by atoms with Crippen LogP contribution in [0.3, 0.4) is 0 Å². The Hall–Kier alpha value is -2.21. The van der Waals surface area contributed by atoms with Crippen LogP contribution in [-0.4, -0.2) is 54.9 Å². The predicted molar refractivity (Wildman–Crippen MR) is 107 cm³/mol. The molecule has 2 aromatic rings. The minimum Gasteiger partial charge on any atom is -0.479 e. The van der Waals surface area contributed by atoms with Crippen molar-refractivity contribution in [3.05, 3.63) is 70.8 Å². The minimum atomic E-state index is -0.897. The maximum absolute atomic E-state index is 11.2. The highest BCUT2D eigenvalue weighted by atomic mass is 16.5. The second kappa shape index (κ2) is 8.43. The quantitative estimate of drug-likeness (QED) is 0.862. The van der Waals surface area contributed by atoms with Gasteiger partial charge in [0.15, 0.2) is 6.10 Å². The van der Waals surface area contributed by atoms with Gasteiger partial charge in [0, 0.05) is 19.6 Å². The zero-order chi connectivity index (χ0) is 19.5. The van der Waals surface area contributed by atoms with Gasteiger partial charge in [-0.3, -0.25) is 4.90 Å². The molecule has 5 nitrogen and oxygen atoms in total. The maximum Gasteiger partial charge on any atom is 0.334 e. The highest BCUT2D eigenvalue weighted by Crippen LogP contribution is 2.39. The Labute approximate surface area is 165 Å². The Morgan fingerprint density at radius 1 is 1.14 bits per heavy atom. The van der Waals surface area contributed by atoms with Gasteiger partial charge in [-0.05, 0) is 34.6 Å². The molecule has 1 heterocycles. The number of morpholine rings is 1. The van der Waals surface area contributed by atoms with Gasteiger partial charge in [0.2, 0.25) is 0 Å². The highest BCUT2D eigenvalue weighted by molar-refractivity contribution is 5.72. The summed E-state index contributed by atoms with van der Waals surface area (Å²) in [5.74, 6) is -0.451. The SMILES string of the molecule is CC1Cc2ccccc2C(OCCN2CCOC(C(=O)O)C2)c2ccccc21. The first-order valence-corrected chi connectivity index (χ1v) is 9.98. The van der Waals surface area contributed by atoms with E-state index in [-0.39, 0.29) is 6.10 Å². The van der Waals surface area contributed by atoms with Crippen molar-refractivity contribution in [3.63, 3.8) is 0 Å². The lowest BCUT2D eigenvalue weighted by molar-refractivity contribution is -0.156. The number of carbonyl (C=O) groups is 1. The van der Waals surface area contributed by atoms with Crippen LogP contribution in [0.15, 0.2) is 48.5 Å². The highest BCUT2D eigenvalue weighted by Gasteiger charge is 2.29. The molecule has 2 aromatic carbocycles. The molecule has 3 unspecified atom stereocenters. The predicted octanol–water partition coefficient (Wildman–Crippen LogP) is 3.24. The van der Waals surface area contributed by atoms with Gasteiger partial charge in [0.25, 0.3) is 0 Å². The number of hydrogen-bond acceptors (Lipinski definition) is 4. The Morgan fingerprint density at radius 2 is 1.86 bits per heavy atom. The number of rotatable bonds is 5. The van der Waals surface area contributed by atoms with E-state index in [1.807, 2.05) is 0 Å². The molecule has 0 amide bonds. The van der Waals surface area contributed by atoms with Crippen LogP contribution in [0.5, 0.6) is 0 Å². The molecule has 0 radical (unpaired) electrons. The number of carboxylic acid groups (broad SMARTS) is 1. The lowest BCUT2D eigenvalue weighted by Gasteiger charge is -2.31. The van der Waals surface area contributed by atoms with E-state index in [1.54, 1.807) is 0 Å². The summed E-state index contributed by atoms with van der Waals surface area (Å²) in [6.45, 7) is 5.12. The number of ether oxygens (including phenoxy) is 2. The first-order chi connectivity index (χ1) is 13.6. The summed E-state index contributed by atoms with van der Waals surface area (Å²) in [6.07, 6.45) is 0.180. The number of fused-ring (bicyclic) bond motifs is 2. The van der Waals surface area contributed by atoms with E-state index >= 15 is 0 Å². The van der Waals surface area contributed by atoms with Gasteiger partial charge in [-0.1, -0.05) is 55.5 Å². The minimum absolute atomic E-state index is 0.0892. The third-order valence-electron chi connectivity index (χ3n) is 5.79. The summed E-state index contributed by atoms with van der Waals surface area (Å²) in [6, 6.07) is 17.1. The molecule has 1 aliphatic heterocycles. The average Bonchev–Trinajstić information content (AvgIpc) is 2.83. The van der Waals surface area contributed by atoms with Crippen molar-refractivity contribution in [1.29, 1.82) is 0 Å². The molecule has 3 atom stereocenters. The zero-order valence-electron chi connectivity index (χ0n) is 16.2. The van der Waals surface area contributed by atoms with Gasteiger partial charge >= 0.3 is 5.97 Å². The third kappa shape index (κ3) is 3.97. The summed E-state index contributed by atoms with van der Waals surface area (Å²) in [4.78, 5) is 13.3. The van der Waals surface area contributed by atoms with Gasteiger partial charge in [-0.15, -0.1) is 0 Å². The van der Waals surface area contributed by atoms with Crippen LogP contribution in [0.4, 0.5) is 0 Å². The maximum atomic E-state index is 11.2. The van der Waals surface area contributed by atoms with E-state index in [1.165, 1.54) is 22.3 Å².